The first-order chi connectivity index (χ1) is 2.47. The smallest absolute Gasteiger partial charge is 0 e. The van der Waals surface area contributed by atoms with Crippen molar-refractivity contribution in [1.82, 2.24) is 0 Å². The average Bonchev–Trinajstić information content (AvgIpc) is 1.73. The minimum atomic E-state index is -4.80. The first-order valence-corrected chi connectivity index (χ1v) is 3.06. The van der Waals surface area contributed by atoms with Crippen LogP contribution in [0.25, 0.3) is 0 Å². The fourth-order valence-electron chi connectivity index (χ4n) is 0.0447. The Morgan fingerprint density at radius 3 is 1.14 bits per heavy atom. The summed E-state index contributed by atoms with van der Waals surface area (Å²) in [6, 6.07) is 0. The van der Waals surface area contributed by atoms with Crippen molar-refractivity contribution in [3.05, 3.63) is 0 Å². The second kappa shape index (κ2) is 1.37. The first-order valence-electron chi connectivity index (χ1n) is 1.13. The molecule has 0 atom stereocenters. The van der Waals surface area contributed by atoms with Crippen LogP contribution in [0.4, 0.5) is 0 Å². The van der Waals surface area contributed by atoms with Crippen molar-refractivity contribution in [1.29, 1.82) is 0 Å². The van der Waals surface area contributed by atoms with Crippen LogP contribution in [0.2, 0.25) is 0 Å². The van der Waals surface area contributed by atoms with E-state index >= 15 is 0 Å². The van der Waals surface area contributed by atoms with Crippen molar-refractivity contribution < 1.29 is 41.1 Å². The summed E-state index contributed by atoms with van der Waals surface area (Å²) in [6.07, 6.45) is 0. The predicted octanol–water partition coefficient (Wildman–Crippen LogP) is -0.949. The van der Waals surface area contributed by atoms with Gasteiger partial charge in [0.25, 0.3) is 0 Å². The van der Waals surface area contributed by atoms with Gasteiger partial charge >= 0.3 is 31.8 Å². The van der Waals surface area contributed by atoms with Crippen LogP contribution in [0.1, 0.15) is 0 Å². The van der Waals surface area contributed by atoms with Crippen molar-refractivity contribution in [3.8, 4) is 0 Å². The molecule has 1 aliphatic heterocycles. The van der Waals surface area contributed by atoms with Gasteiger partial charge in [0.2, 0.25) is 0 Å². The van der Waals surface area contributed by atoms with Gasteiger partial charge in [-0.2, -0.15) is 0 Å². The van der Waals surface area contributed by atoms with Crippen molar-refractivity contribution in [2.24, 2.45) is 0 Å². The number of hydrogen-bond acceptors (Lipinski definition) is 5. The summed E-state index contributed by atoms with van der Waals surface area (Å²) < 4.78 is 6.76. The zero-order valence-corrected chi connectivity index (χ0v) is 4.74. The molecule has 0 saturated carbocycles. The molecule has 0 spiro atoms. The fourth-order valence-corrected chi connectivity index (χ4v) is 0.402. The van der Waals surface area contributed by atoms with E-state index in [1.54, 1.807) is 0 Å². The molecule has 49 valence electrons. The van der Waals surface area contributed by atoms with E-state index in [9.17, 15) is 0 Å². The molecule has 7 heteroatoms. The zero-order chi connectivity index (χ0) is 4.86. The van der Waals surface area contributed by atoms with Gasteiger partial charge in [0.15, 0.2) is 0 Å². The molecule has 1 saturated heterocycles. The Morgan fingerprint density at radius 2 is 1.14 bits per heavy atom. The maximum atomic E-state index is 7.89. The Labute approximate surface area is 49.6 Å². The van der Waals surface area contributed by atoms with Gasteiger partial charge in [-0.1, -0.05) is 0 Å². The van der Waals surface area contributed by atoms with Crippen molar-refractivity contribution in [3.63, 3.8) is 0 Å². The zero-order valence-electron chi connectivity index (χ0n) is 2.91. The van der Waals surface area contributed by atoms with E-state index in [0.717, 1.165) is 0 Å². The predicted molar refractivity (Wildman–Crippen MR) is 15.7 cm³/mol. The molecule has 0 unspecified atom stereocenters. The Kier molecular flexibility index (Phi) is 1.52. The topological polar surface area (TPSA) is 85.8 Å². The minimum Gasteiger partial charge on any atom is 0 e. The standard InChI is InChI=1S/Cu.H3O5P/c;1-6(2,3)4-5-6/h;1-3H. The van der Waals surface area contributed by atoms with Gasteiger partial charge in [0, 0.05) is 17.1 Å². The molecule has 1 fully saturated rings. The second-order valence-electron chi connectivity index (χ2n) is 0.982. The maximum Gasteiger partial charge on any atom is 0 e. The van der Waals surface area contributed by atoms with Crippen LogP contribution in [0.5, 0.6) is 0 Å². The van der Waals surface area contributed by atoms with E-state index in [1.165, 1.54) is 0 Å². The molecule has 1 aliphatic rings. The van der Waals surface area contributed by atoms with Crippen molar-refractivity contribution in [2.45, 2.75) is 0 Å². The third kappa shape index (κ3) is 2.54. The molecular weight excluding hydrogens is 175 g/mol. The van der Waals surface area contributed by atoms with Gasteiger partial charge in [0.05, 0.1) is 0 Å². The molecule has 0 aliphatic carbocycles. The number of hydrogen-bond donors (Lipinski definition) is 3. The summed E-state index contributed by atoms with van der Waals surface area (Å²) in [5.41, 5.74) is 0. The third-order valence-electron chi connectivity index (χ3n) is 0.275. The SMILES string of the molecule is OP1(O)(O)OO1.[Cu]. The Bertz CT molecular complexity index is 71.8. The van der Waals surface area contributed by atoms with Crippen LogP contribution in [0.3, 0.4) is 0 Å². The largest absolute Gasteiger partial charge is 0 e. The molecule has 3 N–H and O–H groups in total. The van der Waals surface area contributed by atoms with E-state index in [4.69, 9.17) is 14.7 Å². The molecule has 0 amide bonds. The van der Waals surface area contributed by atoms with E-state index in [1.807, 2.05) is 0 Å². The summed E-state index contributed by atoms with van der Waals surface area (Å²) in [4.78, 5) is 23.7. The molecule has 0 bridgehead atoms. The molecule has 1 radical (unpaired) electrons. The quantitative estimate of drug-likeness (QED) is 0.192. The molecule has 1 heterocycles. The minimum absolute atomic E-state index is 0. The van der Waals surface area contributed by atoms with Crippen LogP contribution in [-0.4, -0.2) is 14.7 Å². The number of rotatable bonds is 0. The molecule has 0 aromatic heterocycles. The summed E-state index contributed by atoms with van der Waals surface area (Å²) in [5, 5.41) is 0. The second-order valence-corrected chi connectivity index (χ2v) is 2.95. The van der Waals surface area contributed by atoms with Crippen LogP contribution < -0.4 is 0 Å². The van der Waals surface area contributed by atoms with E-state index in [0.29, 0.717) is 0 Å². The normalized spacial score (nSPS) is 36.7. The van der Waals surface area contributed by atoms with Gasteiger partial charge in [-0.25, -0.2) is 0 Å². The molecule has 0 aromatic rings. The van der Waals surface area contributed by atoms with Crippen LogP contribution >= 0.6 is 7.74 Å². The van der Waals surface area contributed by atoms with Crippen LogP contribution in [0, 0.1) is 0 Å². The van der Waals surface area contributed by atoms with Gasteiger partial charge < -0.3 is 0 Å². The third-order valence-corrected chi connectivity index (χ3v) is 0.824. The Morgan fingerprint density at radius 1 is 1.00 bits per heavy atom. The van der Waals surface area contributed by atoms with Crippen molar-refractivity contribution >= 4 is 7.74 Å². The van der Waals surface area contributed by atoms with Crippen LogP contribution in [-0.2, 0) is 26.4 Å². The molecule has 7 heavy (non-hydrogen) atoms. The maximum absolute atomic E-state index is 7.89. The van der Waals surface area contributed by atoms with E-state index in [-0.39, 0.29) is 17.1 Å². The molecule has 1 rings (SSSR count). The average molecular weight is 178 g/mol. The summed E-state index contributed by atoms with van der Waals surface area (Å²) >= 11 is 0. The molecule has 0 aromatic carbocycles. The van der Waals surface area contributed by atoms with Gasteiger partial charge in [-0.05, 0) is 0 Å². The van der Waals surface area contributed by atoms with Gasteiger partial charge in [0.1, 0.15) is 0 Å². The monoisotopic (exact) mass is 177 g/mol. The van der Waals surface area contributed by atoms with Crippen LogP contribution in [0.15, 0.2) is 0 Å². The first kappa shape index (κ1) is 7.75. The summed E-state index contributed by atoms with van der Waals surface area (Å²) in [7, 11) is -4.80. The van der Waals surface area contributed by atoms with Crippen molar-refractivity contribution in [2.75, 3.05) is 0 Å². The summed E-state index contributed by atoms with van der Waals surface area (Å²) in [5.74, 6) is 0. The Hall–Kier alpha value is 0.749. The Balaban J connectivity index is 0.000000360. The van der Waals surface area contributed by atoms with Gasteiger partial charge in [-0.15, -0.1) is 0 Å². The summed E-state index contributed by atoms with van der Waals surface area (Å²) in [6.45, 7) is 0. The van der Waals surface area contributed by atoms with E-state index < -0.39 is 7.74 Å². The van der Waals surface area contributed by atoms with Gasteiger partial charge in [-0.3, -0.25) is 0 Å². The molecular formula is H3CuO5P. The molecule has 5 nitrogen and oxygen atoms in total. The van der Waals surface area contributed by atoms with E-state index in [2.05, 4.69) is 9.35 Å². The fraction of sp³-hybridized carbons (Fsp3) is 0.